The molecule has 2 aromatic rings. The van der Waals surface area contributed by atoms with Crippen LogP contribution in [0.1, 0.15) is 21.5 Å². The molecule has 1 heterocycles. The van der Waals surface area contributed by atoms with E-state index in [1.807, 2.05) is 26.0 Å². The van der Waals surface area contributed by atoms with Crippen molar-refractivity contribution in [1.82, 2.24) is 4.98 Å². The molecule has 0 aliphatic rings. The van der Waals surface area contributed by atoms with Crippen LogP contribution in [0, 0.1) is 13.8 Å². The Labute approximate surface area is 120 Å². The van der Waals surface area contributed by atoms with Crippen molar-refractivity contribution in [3.8, 4) is 0 Å². The van der Waals surface area contributed by atoms with Crippen LogP contribution in [0.15, 0.2) is 35.1 Å². The van der Waals surface area contributed by atoms with Crippen LogP contribution in [0.25, 0.3) is 0 Å². The molecule has 0 fully saturated rings. The summed E-state index contributed by atoms with van der Waals surface area (Å²) in [5.41, 5.74) is 9.34. The number of aromatic nitrogens is 1. The van der Waals surface area contributed by atoms with Gasteiger partial charge in [0.25, 0.3) is 5.91 Å². The number of halogens is 1. The summed E-state index contributed by atoms with van der Waals surface area (Å²) in [4.78, 5) is 16.3. The summed E-state index contributed by atoms with van der Waals surface area (Å²) >= 11 is 3.32. The largest absolute Gasteiger partial charge is 0.398 e. The molecule has 1 aromatic heterocycles. The highest BCUT2D eigenvalue weighted by Gasteiger charge is 2.10. The van der Waals surface area contributed by atoms with Crippen molar-refractivity contribution < 1.29 is 4.79 Å². The SMILES string of the molecule is Cc1ccc(N)c(C(=O)Nc2cnc(Br)c(C)c2)c1. The summed E-state index contributed by atoms with van der Waals surface area (Å²) in [5.74, 6) is -0.232. The Morgan fingerprint density at radius 1 is 1.32 bits per heavy atom. The first-order chi connectivity index (χ1) is 8.97. The molecule has 1 aromatic carbocycles. The topological polar surface area (TPSA) is 68.0 Å². The zero-order chi connectivity index (χ0) is 14.0. The first-order valence-corrected chi connectivity index (χ1v) is 6.56. The van der Waals surface area contributed by atoms with Gasteiger partial charge < -0.3 is 11.1 Å². The van der Waals surface area contributed by atoms with E-state index in [4.69, 9.17) is 5.73 Å². The minimum Gasteiger partial charge on any atom is -0.398 e. The predicted octanol–water partition coefficient (Wildman–Crippen LogP) is 3.30. The fourth-order valence-electron chi connectivity index (χ4n) is 1.69. The van der Waals surface area contributed by atoms with Crippen molar-refractivity contribution >= 4 is 33.2 Å². The molecule has 0 saturated carbocycles. The van der Waals surface area contributed by atoms with Gasteiger partial charge in [-0.3, -0.25) is 4.79 Å². The van der Waals surface area contributed by atoms with Crippen molar-refractivity contribution in [2.45, 2.75) is 13.8 Å². The van der Waals surface area contributed by atoms with E-state index >= 15 is 0 Å². The second-order valence-corrected chi connectivity index (χ2v) is 5.13. The number of pyridine rings is 1. The maximum absolute atomic E-state index is 12.2. The molecule has 5 heteroatoms. The zero-order valence-electron chi connectivity index (χ0n) is 10.7. The molecule has 0 aliphatic carbocycles. The van der Waals surface area contributed by atoms with Gasteiger partial charge in [0, 0.05) is 5.69 Å². The van der Waals surface area contributed by atoms with Crippen LogP contribution >= 0.6 is 15.9 Å². The second kappa shape index (κ2) is 5.40. The third-order valence-electron chi connectivity index (χ3n) is 2.73. The smallest absolute Gasteiger partial charge is 0.257 e. The van der Waals surface area contributed by atoms with Crippen molar-refractivity contribution in [1.29, 1.82) is 0 Å². The lowest BCUT2D eigenvalue weighted by Crippen LogP contribution is -2.14. The van der Waals surface area contributed by atoms with Crippen LogP contribution in [0.2, 0.25) is 0 Å². The van der Waals surface area contributed by atoms with E-state index in [1.54, 1.807) is 18.3 Å². The molecule has 0 aliphatic heterocycles. The average molecular weight is 320 g/mol. The number of anilines is 2. The molecule has 0 radical (unpaired) electrons. The molecule has 0 bridgehead atoms. The molecular formula is C14H14BrN3O. The summed E-state index contributed by atoms with van der Waals surface area (Å²) < 4.78 is 0.764. The Kier molecular flexibility index (Phi) is 3.85. The number of amides is 1. The Morgan fingerprint density at radius 2 is 2.05 bits per heavy atom. The normalized spacial score (nSPS) is 10.3. The average Bonchev–Trinajstić information content (AvgIpc) is 2.36. The van der Waals surface area contributed by atoms with E-state index in [9.17, 15) is 4.79 Å². The van der Waals surface area contributed by atoms with Gasteiger partial charge in [-0.05, 0) is 53.5 Å². The van der Waals surface area contributed by atoms with Gasteiger partial charge in [0.1, 0.15) is 4.60 Å². The lowest BCUT2D eigenvalue weighted by Gasteiger charge is -2.09. The highest BCUT2D eigenvalue weighted by Crippen LogP contribution is 2.19. The van der Waals surface area contributed by atoms with Gasteiger partial charge >= 0.3 is 0 Å². The molecule has 0 unspecified atom stereocenters. The molecule has 0 spiro atoms. The number of carbonyl (C=O) groups excluding carboxylic acids is 1. The summed E-state index contributed by atoms with van der Waals surface area (Å²) in [7, 11) is 0. The molecular weight excluding hydrogens is 306 g/mol. The molecule has 0 saturated heterocycles. The Morgan fingerprint density at radius 3 is 2.74 bits per heavy atom. The van der Waals surface area contributed by atoms with E-state index in [0.29, 0.717) is 16.9 Å². The highest BCUT2D eigenvalue weighted by molar-refractivity contribution is 9.10. The highest BCUT2D eigenvalue weighted by atomic mass is 79.9. The third kappa shape index (κ3) is 3.12. The number of aryl methyl sites for hydroxylation is 2. The number of rotatable bonds is 2. The lowest BCUT2D eigenvalue weighted by molar-refractivity contribution is 0.102. The lowest BCUT2D eigenvalue weighted by atomic mass is 10.1. The number of hydrogen-bond donors (Lipinski definition) is 2. The molecule has 19 heavy (non-hydrogen) atoms. The number of benzene rings is 1. The third-order valence-corrected chi connectivity index (χ3v) is 3.56. The van der Waals surface area contributed by atoms with Crippen molar-refractivity contribution in [3.63, 3.8) is 0 Å². The molecule has 2 rings (SSSR count). The number of nitrogen functional groups attached to an aromatic ring is 1. The number of hydrogen-bond acceptors (Lipinski definition) is 3. The van der Waals surface area contributed by atoms with E-state index in [-0.39, 0.29) is 5.91 Å². The van der Waals surface area contributed by atoms with Crippen LogP contribution in [-0.2, 0) is 0 Å². The van der Waals surface area contributed by atoms with Crippen LogP contribution in [-0.4, -0.2) is 10.9 Å². The predicted molar refractivity (Wildman–Crippen MR) is 80.2 cm³/mol. The number of nitrogens with zero attached hydrogens (tertiary/aromatic N) is 1. The molecule has 4 nitrogen and oxygen atoms in total. The van der Waals surface area contributed by atoms with Gasteiger partial charge in [-0.25, -0.2) is 4.98 Å². The number of carbonyl (C=O) groups is 1. The van der Waals surface area contributed by atoms with E-state index in [1.165, 1.54) is 0 Å². The van der Waals surface area contributed by atoms with Gasteiger partial charge in [-0.2, -0.15) is 0 Å². The Balaban J connectivity index is 2.25. The van der Waals surface area contributed by atoms with Crippen LogP contribution in [0.3, 0.4) is 0 Å². The van der Waals surface area contributed by atoms with E-state index in [0.717, 1.165) is 15.7 Å². The first kappa shape index (κ1) is 13.5. The maximum atomic E-state index is 12.2. The fourth-order valence-corrected chi connectivity index (χ4v) is 1.91. The molecule has 98 valence electrons. The van der Waals surface area contributed by atoms with Gasteiger partial charge in [0.05, 0.1) is 17.4 Å². The first-order valence-electron chi connectivity index (χ1n) is 5.77. The van der Waals surface area contributed by atoms with Crippen LogP contribution in [0.4, 0.5) is 11.4 Å². The van der Waals surface area contributed by atoms with Crippen LogP contribution < -0.4 is 11.1 Å². The van der Waals surface area contributed by atoms with Gasteiger partial charge in [0.15, 0.2) is 0 Å². The minimum atomic E-state index is -0.232. The summed E-state index contributed by atoms with van der Waals surface area (Å²) in [5, 5.41) is 2.79. The minimum absolute atomic E-state index is 0.232. The van der Waals surface area contributed by atoms with Crippen molar-refractivity contribution in [2.24, 2.45) is 0 Å². The monoisotopic (exact) mass is 319 g/mol. The number of nitrogens with one attached hydrogen (secondary N) is 1. The summed E-state index contributed by atoms with van der Waals surface area (Å²) in [6.45, 7) is 3.83. The fraction of sp³-hybridized carbons (Fsp3) is 0.143. The molecule has 1 amide bonds. The quantitative estimate of drug-likeness (QED) is 0.659. The Hall–Kier alpha value is -1.88. The standard InChI is InChI=1S/C14H14BrN3O/c1-8-3-4-12(16)11(5-8)14(19)18-10-6-9(2)13(15)17-7-10/h3-7H,16H2,1-2H3,(H,18,19). The van der Waals surface area contributed by atoms with Crippen molar-refractivity contribution in [2.75, 3.05) is 11.1 Å². The van der Waals surface area contributed by atoms with Gasteiger partial charge in [-0.1, -0.05) is 11.6 Å². The number of nitrogens with two attached hydrogens (primary N) is 1. The van der Waals surface area contributed by atoms with E-state index in [2.05, 4.69) is 26.2 Å². The van der Waals surface area contributed by atoms with Gasteiger partial charge in [-0.15, -0.1) is 0 Å². The molecule has 3 N–H and O–H groups in total. The maximum Gasteiger partial charge on any atom is 0.257 e. The van der Waals surface area contributed by atoms with Gasteiger partial charge in [0.2, 0.25) is 0 Å². The molecule has 0 atom stereocenters. The zero-order valence-corrected chi connectivity index (χ0v) is 12.3. The van der Waals surface area contributed by atoms with E-state index < -0.39 is 0 Å². The second-order valence-electron chi connectivity index (χ2n) is 4.38. The van der Waals surface area contributed by atoms with Crippen LogP contribution in [0.5, 0.6) is 0 Å². The summed E-state index contributed by atoms with van der Waals surface area (Å²) in [6.07, 6.45) is 1.60. The summed E-state index contributed by atoms with van der Waals surface area (Å²) in [6, 6.07) is 7.22. The Bertz CT molecular complexity index is 641. The van der Waals surface area contributed by atoms with Crippen molar-refractivity contribution in [3.05, 3.63) is 51.8 Å².